The molecule has 11 rings (SSSR count). The van der Waals surface area contributed by atoms with Crippen LogP contribution in [0.1, 0.15) is 25.0 Å². The fourth-order valence-corrected chi connectivity index (χ4v) is 9.90. The van der Waals surface area contributed by atoms with E-state index in [1.807, 2.05) is 0 Å². The first-order chi connectivity index (χ1) is 30.5. The Bertz CT molecular complexity index is 3230. The molecule has 0 N–H and O–H groups in total. The van der Waals surface area contributed by atoms with Crippen molar-refractivity contribution in [3.8, 4) is 66.8 Å². The quantitative estimate of drug-likeness (QED) is 0.148. The van der Waals surface area contributed by atoms with Crippen LogP contribution in [0.3, 0.4) is 0 Å². The Morgan fingerprint density at radius 3 is 1.50 bits per heavy atom. The monoisotopic (exact) mass is 791 g/mol. The molecule has 1 heteroatoms. The van der Waals surface area contributed by atoms with Crippen LogP contribution >= 0.6 is 0 Å². The largest absolute Gasteiger partial charge is 0.309 e. The minimum atomic E-state index is -0.0654. The van der Waals surface area contributed by atoms with Gasteiger partial charge in [0, 0.05) is 22.2 Å². The average Bonchev–Trinajstić information content (AvgIpc) is 3.58. The zero-order chi connectivity index (χ0) is 41.6. The molecule has 0 aliphatic heterocycles. The number of nitrogens with zero attached hydrogens (tertiary/aromatic N) is 1. The van der Waals surface area contributed by atoms with E-state index in [0.29, 0.717) is 0 Å². The molecule has 0 saturated heterocycles. The van der Waals surface area contributed by atoms with E-state index in [9.17, 15) is 0 Å². The minimum Gasteiger partial charge on any atom is -0.309 e. The van der Waals surface area contributed by atoms with Crippen LogP contribution in [0.15, 0.2) is 237 Å². The Kier molecular flexibility index (Phi) is 9.24. The number of rotatable bonds is 8. The number of para-hydroxylation sites is 1. The minimum absolute atomic E-state index is 0.0654. The Hall–Kier alpha value is -7.74. The van der Waals surface area contributed by atoms with Gasteiger partial charge in [-0.05, 0) is 108 Å². The maximum absolute atomic E-state index is 2.48. The van der Waals surface area contributed by atoms with Gasteiger partial charge >= 0.3 is 0 Å². The second kappa shape index (κ2) is 15.4. The molecule has 0 radical (unpaired) electrons. The summed E-state index contributed by atoms with van der Waals surface area (Å²) in [6, 6.07) is 86.6. The van der Waals surface area contributed by atoms with Crippen molar-refractivity contribution in [3.05, 3.63) is 248 Å². The van der Waals surface area contributed by atoms with Crippen molar-refractivity contribution in [2.75, 3.05) is 4.90 Å². The fraction of sp³-hybridized carbons (Fsp3) is 0.0492. The molecule has 0 heterocycles. The predicted octanol–water partition coefficient (Wildman–Crippen LogP) is 17.0. The number of hydrogen-bond donors (Lipinski definition) is 0. The summed E-state index contributed by atoms with van der Waals surface area (Å²) in [6.07, 6.45) is 0. The summed E-state index contributed by atoms with van der Waals surface area (Å²) in [6.45, 7) is 4.71. The molecule has 0 fully saturated rings. The van der Waals surface area contributed by atoms with Crippen molar-refractivity contribution in [2.24, 2.45) is 0 Å². The van der Waals surface area contributed by atoms with Crippen LogP contribution in [0.5, 0.6) is 0 Å². The van der Waals surface area contributed by atoms with Gasteiger partial charge < -0.3 is 4.90 Å². The molecule has 10 aromatic rings. The predicted molar refractivity (Wildman–Crippen MR) is 263 cm³/mol. The third-order valence-electron chi connectivity index (χ3n) is 12.9. The summed E-state index contributed by atoms with van der Waals surface area (Å²) in [5.74, 6) is 0. The highest BCUT2D eigenvalue weighted by atomic mass is 15.1. The Labute approximate surface area is 364 Å². The molecule has 10 aromatic carbocycles. The Morgan fingerprint density at radius 1 is 0.306 bits per heavy atom. The molecule has 0 atom stereocenters. The van der Waals surface area contributed by atoms with E-state index in [4.69, 9.17) is 0 Å². The lowest BCUT2D eigenvalue weighted by Gasteiger charge is -2.31. The first-order valence-corrected chi connectivity index (χ1v) is 21.6. The molecular weight excluding hydrogens is 747 g/mol. The molecule has 0 saturated carbocycles. The van der Waals surface area contributed by atoms with E-state index in [2.05, 4.69) is 255 Å². The summed E-state index contributed by atoms with van der Waals surface area (Å²) >= 11 is 0. The molecule has 0 unspecified atom stereocenters. The average molecular weight is 792 g/mol. The van der Waals surface area contributed by atoms with E-state index in [-0.39, 0.29) is 5.41 Å². The van der Waals surface area contributed by atoms with Crippen LogP contribution in [0.25, 0.3) is 77.5 Å². The van der Waals surface area contributed by atoms with Gasteiger partial charge in [0.1, 0.15) is 0 Å². The van der Waals surface area contributed by atoms with Crippen molar-refractivity contribution in [1.29, 1.82) is 0 Å². The van der Waals surface area contributed by atoms with Crippen LogP contribution in [0.4, 0.5) is 17.1 Å². The molecule has 0 spiro atoms. The van der Waals surface area contributed by atoms with Crippen LogP contribution in [0, 0.1) is 0 Å². The van der Waals surface area contributed by atoms with Gasteiger partial charge in [0.25, 0.3) is 0 Å². The van der Waals surface area contributed by atoms with Gasteiger partial charge in [-0.3, -0.25) is 0 Å². The second-order valence-corrected chi connectivity index (χ2v) is 16.8. The first kappa shape index (κ1) is 37.3. The maximum atomic E-state index is 2.48. The van der Waals surface area contributed by atoms with Crippen molar-refractivity contribution in [2.45, 2.75) is 19.3 Å². The number of fused-ring (bicyclic) bond motifs is 4. The summed E-state index contributed by atoms with van der Waals surface area (Å²) in [5.41, 5.74) is 20.6. The SMILES string of the molecule is CC1(C)c2ccccc2-c2c(-c3ccc(N(c4ccc(-c5ccccc5)cc4-c4ccccc4)c4ccccc4-c4cccc5cccc(-c6ccccc6)c45)cc3)cccc21. The highest BCUT2D eigenvalue weighted by molar-refractivity contribution is 6.09. The van der Waals surface area contributed by atoms with Crippen LogP contribution < -0.4 is 4.90 Å². The lowest BCUT2D eigenvalue weighted by Crippen LogP contribution is -2.14. The van der Waals surface area contributed by atoms with E-state index < -0.39 is 0 Å². The lowest BCUT2D eigenvalue weighted by molar-refractivity contribution is 0.660. The molecular formula is C61H45N. The van der Waals surface area contributed by atoms with E-state index in [0.717, 1.165) is 33.8 Å². The second-order valence-electron chi connectivity index (χ2n) is 16.8. The smallest absolute Gasteiger partial charge is 0.0540 e. The Balaban J connectivity index is 1.14. The molecule has 1 aliphatic rings. The molecule has 294 valence electrons. The number of hydrogen-bond acceptors (Lipinski definition) is 1. The normalized spacial score (nSPS) is 12.5. The standard InChI is InChI=1S/C61H45N/c1-61(2)55-32-14-12-28-53(55)60-50(30-18-33-56(60)61)45-35-38-48(39-36-45)62(58-40-37-47(42-19-6-3-7-20-42)41-54(58)44-23-10-5-11-24-44)57-34-15-13-27-51(57)52-31-17-26-46-25-16-29-49(59(46)52)43-21-8-4-9-22-43/h3-41H,1-2H3. The van der Waals surface area contributed by atoms with E-state index >= 15 is 0 Å². The molecule has 0 aromatic heterocycles. The third-order valence-corrected chi connectivity index (χ3v) is 12.9. The van der Waals surface area contributed by atoms with Crippen molar-refractivity contribution >= 4 is 27.8 Å². The highest BCUT2D eigenvalue weighted by Gasteiger charge is 2.36. The molecule has 62 heavy (non-hydrogen) atoms. The summed E-state index contributed by atoms with van der Waals surface area (Å²) in [5, 5.41) is 2.46. The van der Waals surface area contributed by atoms with Gasteiger partial charge in [0.05, 0.1) is 11.4 Å². The lowest BCUT2D eigenvalue weighted by atomic mass is 9.82. The zero-order valence-corrected chi connectivity index (χ0v) is 35.0. The third kappa shape index (κ3) is 6.33. The van der Waals surface area contributed by atoms with Gasteiger partial charge in [-0.25, -0.2) is 0 Å². The molecule has 1 aliphatic carbocycles. The highest BCUT2D eigenvalue weighted by Crippen LogP contribution is 2.53. The topological polar surface area (TPSA) is 3.24 Å². The van der Waals surface area contributed by atoms with Crippen molar-refractivity contribution < 1.29 is 0 Å². The number of anilines is 3. The van der Waals surface area contributed by atoms with Gasteiger partial charge in [-0.1, -0.05) is 220 Å². The van der Waals surface area contributed by atoms with Crippen LogP contribution in [-0.2, 0) is 5.41 Å². The number of benzene rings is 10. The van der Waals surface area contributed by atoms with E-state index in [1.165, 1.54) is 72.0 Å². The fourth-order valence-electron chi connectivity index (χ4n) is 9.90. The molecule has 0 bridgehead atoms. The zero-order valence-electron chi connectivity index (χ0n) is 35.0. The van der Waals surface area contributed by atoms with Gasteiger partial charge in [-0.2, -0.15) is 0 Å². The van der Waals surface area contributed by atoms with Crippen molar-refractivity contribution in [1.82, 2.24) is 0 Å². The van der Waals surface area contributed by atoms with Gasteiger partial charge in [0.2, 0.25) is 0 Å². The summed E-state index contributed by atoms with van der Waals surface area (Å²) in [7, 11) is 0. The van der Waals surface area contributed by atoms with Crippen LogP contribution in [-0.4, -0.2) is 0 Å². The first-order valence-electron chi connectivity index (χ1n) is 21.6. The molecule has 0 amide bonds. The van der Waals surface area contributed by atoms with Crippen LogP contribution in [0.2, 0.25) is 0 Å². The van der Waals surface area contributed by atoms with E-state index in [1.54, 1.807) is 0 Å². The molecule has 1 nitrogen and oxygen atoms in total. The van der Waals surface area contributed by atoms with Gasteiger partial charge in [-0.15, -0.1) is 0 Å². The van der Waals surface area contributed by atoms with Crippen molar-refractivity contribution in [3.63, 3.8) is 0 Å². The van der Waals surface area contributed by atoms with Gasteiger partial charge in [0.15, 0.2) is 0 Å². The Morgan fingerprint density at radius 2 is 0.790 bits per heavy atom. The summed E-state index contributed by atoms with van der Waals surface area (Å²) in [4.78, 5) is 2.48. The maximum Gasteiger partial charge on any atom is 0.0540 e. The summed E-state index contributed by atoms with van der Waals surface area (Å²) < 4.78 is 0.